The second-order valence-electron chi connectivity index (χ2n) is 5.78. The highest BCUT2D eigenvalue weighted by Gasteiger charge is 2.28. The van der Waals surface area contributed by atoms with Crippen LogP contribution >= 0.6 is 11.3 Å². The molecule has 1 aliphatic rings. The summed E-state index contributed by atoms with van der Waals surface area (Å²) in [6.45, 7) is 1.56. The fourth-order valence-electron chi connectivity index (χ4n) is 2.73. The van der Waals surface area contributed by atoms with E-state index in [2.05, 4.69) is 4.98 Å². The number of carboxylic acid groups (broad SMARTS) is 1. The smallest absolute Gasteiger partial charge is 0.410 e. The average molecular weight is 346 g/mol. The van der Waals surface area contributed by atoms with E-state index in [4.69, 9.17) is 9.84 Å². The molecule has 0 bridgehead atoms. The minimum absolute atomic E-state index is 0.0899. The van der Waals surface area contributed by atoms with Crippen LogP contribution in [0.15, 0.2) is 35.7 Å². The fourth-order valence-corrected chi connectivity index (χ4v) is 3.61. The van der Waals surface area contributed by atoms with Crippen LogP contribution in [-0.2, 0) is 17.8 Å². The molecule has 1 fully saturated rings. The summed E-state index contributed by atoms with van der Waals surface area (Å²) < 4.78 is 5.34. The molecule has 1 amide bonds. The Hall–Kier alpha value is -2.41. The van der Waals surface area contributed by atoms with Crippen LogP contribution in [0.25, 0.3) is 0 Å². The van der Waals surface area contributed by atoms with E-state index in [1.807, 2.05) is 30.3 Å². The predicted octanol–water partition coefficient (Wildman–Crippen LogP) is 3.04. The maximum absolute atomic E-state index is 12.1. The zero-order valence-corrected chi connectivity index (χ0v) is 13.9. The first-order valence-electron chi connectivity index (χ1n) is 7.75. The number of nitrogens with zero attached hydrogens (tertiary/aromatic N) is 2. The summed E-state index contributed by atoms with van der Waals surface area (Å²) >= 11 is 1.36. The quantitative estimate of drug-likeness (QED) is 0.900. The standard InChI is InChI=1S/C17H18N2O4S/c20-16(21)14-11-24-15(18-14)8-13-6-7-19(9-13)17(22)23-10-12-4-2-1-3-5-12/h1-5,11,13H,6-10H2,(H,20,21). The van der Waals surface area contributed by atoms with Gasteiger partial charge in [-0.3, -0.25) is 0 Å². The number of hydrogen-bond acceptors (Lipinski definition) is 5. The number of ether oxygens (including phenoxy) is 1. The number of rotatable bonds is 5. The first-order chi connectivity index (χ1) is 11.6. The van der Waals surface area contributed by atoms with Crippen molar-refractivity contribution in [1.29, 1.82) is 0 Å². The number of carbonyl (C=O) groups is 2. The molecule has 6 nitrogen and oxygen atoms in total. The summed E-state index contributed by atoms with van der Waals surface area (Å²) in [5.41, 5.74) is 1.05. The topological polar surface area (TPSA) is 79.7 Å². The summed E-state index contributed by atoms with van der Waals surface area (Å²) in [5.74, 6) is -0.711. The van der Waals surface area contributed by atoms with Gasteiger partial charge in [-0.15, -0.1) is 11.3 Å². The van der Waals surface area contributed by atoms with Gasteiger partial charge in [-0.2, -0.15) is 0 Å². The molecule has 0 aliphatic carbocycles. The lowest BCUT2D eigenvalue weighted by atomic mass is 10.1. The van der Waals surface area contributed by atoms with Crippen molar-refractivity contribution in [3.8, 4) is 0 Å². The van der Waals surface area contributed by atoms with Gasteiger partial charge in [0.05, 0.1) is 5.01 Å². The second kappa shape index (κ2) is 7.44. The minimum Gasteiger partial charge on any atom is -0.476 e. The third-order valence-electron chi connectivity index (χ3n) is 3.98. The van der Waals surface area contributed by atoms with Crippen molar-refractivity contribution >= 4 is 23.4 Å². The molecule has 0 spiro atoms. The maximum atomic E-state index is 12.1. The van der Waals surface area contributed by atoms with Gasteiger partial charge in [-0.05, 0) is 17.9 Å². The first-order valence-corrected chi connectivity index (χ1v) is 8.63. The fraction of sp³-hybridized carbons (Fsp3) is 0.353. The Morgan fingerprint density at radius 3 is 2.83 bits per heavy atom. The molecule has 1 aromatic heterocycles. The highest BCUT2D eigenvalue weighted by molar-refractivity contribution is 7.09. The average Bonchev–Trinajstić information content (AvgIpc) is 3.24. The molecule has 1 atom stereocenters. The van der Waals surface area contributed by atoms with Crippen LogP contribution in [0.4, 0.5) is 4.79 Å². The molecule has 2 heterocycles. The van der Waals surface area contributed by atoms with Gasteiger partial charge >= 0.3 is 12.1 Å². The molecular formula is C17H18N2O4S. The van der Waals surface area contributed by atoms with Gasteiger partial charge in [-0.25, -0.2) is 14.6 Å². The molecule has 1 N–H and O–H groups in total. The number of aromatic carboxylic acids is 1. The monoisotopic (exact) mass is 346 g/mol. The van der Waals surface area contributed by atoms with Crippen LogP contribution in [-0.4, -0.2) is 40.1 Å². The number of carbonyl (C=O) groups excluding carboxylic acids is 1. The van der Waals surface area contributed by atoms with Crippen molar-refractivity contribution in [3.05, 3.63) is 52.0 Å². The summed E-state index contributed by atoms with van der Waals surface area (Å²) in [6.07, 6.45) is 1.27. The lowest BCUT2D eigenvalue weighted by Crippen LogP contribution is -2.29. The lowest BCUT2D eigenvalue weighted by Gasteiger charge is -2.16. The van der Waals surface area contributed by atoms with E-state index < -0.39 is 5.97 Å². The molecule has 1 saturated heterocycles. The highest BCUT2D eigenvalue weighted by Crippen LogP contribution is 2.23. The van der Waals surface area contributed by atoms with Crippen LogP contribution in [0.3, 0.4) is 0 Å². The van der Waals surface area contributed by atoms with E-state index in [0.29, 0.717) is 25.4 Å². The van der Waals surface area contributed by atoms with E-state index in [-0.39, 0.29) is 18.4 Å². The molecule has 3 rings (SSSR count). The van der Waals surface area contributed by atoms with Crippen molar-refractivity contribution in [2.75, 3.05) is 13.1 Å². The molecule has 7 heteroatoms. The van der Waals surface area contributed by atoms with Crippen LogP contribution in [0.5, 0.6) is 0 Å². The van der Waals surface area contributed by atoms with Crippen molar-refractivity contribution in [2.45, 2.75) is 19.4 Å². The Kier molecular flexibility index (Phi) is 5.10. The van der Waals surface area contributed by atoms with E-state index in [0.717, 1.165) is 17.0 Å². The number of thiazole rings is 1. The van der Waals surface area contributed by atoms with E-state index >= 15 is 0 Å². The molecule has 126 valence electrons. The number of hydrogen-bond donors (Lipinski definition) is 1. The van der Waals surface area contributed by atoms with Crippen molar-refractivity contribution in [3.63, 3.8) is 0 Å². The molecule has 1 aliphatic heterocycles. The third kappa shape index (κ3) is 4.11. The molecule has 24 heavy (non-hydrogen) atoms. The molecule has 0 saturated carbocycles. The molecule has 2 aromatic rings. The number of aromatic nitrogens is 1. The van der Waals surface area contributed by atoms with Crippen molar-refractivity contribution in [1.82, 2.24) is 9.88 Å². The number of carboxylic acids is 1. The maximum Gasteiger partial charge on any atom is 0.410 e. The minimum atomic E-state index is -1.00. The van der Waals surface area contributed by atoms with Gasteiger partial charge in [-0.1, -0.05) is 30.3 Å². The van der Waals surface area contributed by atoms with Crippen LogP contribution < -0.4 is 0 Å². The van der Waals surface area contributed by atoms with E-state index in [1.54, 1.807) is 10.3 Å². The SMILES string of the molecule is O=C(O)c1csc(CC2CCN(C(=O)OCc3ccccc3)C2)n1. The number of likely N-dealkylation sites (tertiary alicyclic amines) is 1. The first kappa shape index (κ1) is 16.4. The number of amides is 1. The van der Waals surface area contributed by atoms with Crippen LogP contribution in [0, 0.1) is 5.92 Å². The Bertz CT molecular complexity index is 716. The predicted molar refractivity (Wildman–Crippen MR) is 89.1 cm³/mol. The van der Waals surface area contributed by atoms with Crippen LogP contribution in [0.2, 0.25) is 0 Å². The zero-order chi connectivity index (χ0) is 16.9. The Balaban J connectivity index is 1.47. The summed E-state index contributed by atoms with van der Waals surface area (Å²) in [7, 11) is 0. The second-order valence-corrected chi connectivity index (χ2v) is 6.72. The Labute approximate surface area is 143 Å². The van der Waals surface area contributed by atoms with Crippen molar-refractivity contribution < 1.29 is 19.4 Å². The lowest BCUT2D eigenvalue weighted by molar-refractivity contribution is 0.0691. The summed E-state index contributed by atoms with van der Waals surface area (Å²) in [5, 5.41) is 11.3. The normalized spacial score (nSPS) is 17.0. The van der Waals surface area contributed by atoms with Crippen LogP contribution in [0.1, 0.15) is 27.5 Å². The number of benzene rings is 1. The van der Waals surface area contributed by atoms with Gasteiger partial charge in [0.2, 0.25) is 0 Å². The molecule has 1 aromatic carbocycles. The van der Waals surface area contributed by atoms with Gasteiger partial charge in [0, 0.05) is 24.9 Å². The zero-order valence-electron chi connectivity index (χ0n) is 13.1. The van der Waals surface area contributed by atoms with Gasteiger partial charge in [0.25, 0.3) is 0 Å². The van der Waals surface area contributed by atoms with Gasteiger partial charge in [0.1, 0.15) is 6.61 Å². The van der Waals surface area contributed by atoms with Gasteiger partial charge < -0.3 is 14.7 Å². The Morgan fingerprint density at radius 2 is 2.12 bits per heavy atom. The molecule has 0 radical (unpaired) electrons. The third-order valence-corrected chi connectivity index (χ3v) is 4.85. The van der Waals surface area contributed by atoms with E-state index in [1.165, 1.54) is 11.3 Å². The van der Waals surface area contributed by atoms with E-state index in [9.17, 15) is 9.59 Å². The molecule has 1 unspecified atom stereocenters. The van der Waals surface area contributed by atoms with Crippen molar-refractivity contribution in [2.24, 2.45) is 5.92 Å². The molecular weight excluding hydrogens is 328 g/mol. The van der Waals surface area contributed by atoms with Gasteiger partial charge in [0.15, 0.2) is 5.69 Å². The largest absolute Gasteiger partial charge is 0.476 e. The summed E-state index contributed by atoms with van der Waals surface area (Å²) in [6, 6.07) is 9.58. The Morgan fingerprint density at radius 1 is 1.33 bits per heavy atom. The highest BCUT2D eigenvalue weighted by atomic mass is 32.1. The summed E-state index contributed by atoms with van der Waals surface area (Å²) in [4.78, 5) is 28.8.